The number of carboxylic acid groups (broad SMARTS) is 1. The molecule has 0 spiro atoms. The van der Waals surface area contributed by atoms with Crippen LogP contribution in [0, 0.1) is 17.3 Å². The molecule has 2 saturated carbocycles. The van der Waals surface area contributed by atoms with Gasteiger partial charge in [0.05, 0.1) is 0 Å². The van der Waals surface area contributed by atoms with Crippen LogP contribution in [0.2, 0.25) is 0 Å². The highest BCUT2D eigenvalue weighted by Gasteiger charge is 2.35. The van der Waals surface area contributed by atoms with E-state index in [2.05, 4.69) is 19.1 Å². The highest BCUT2D eigenvalue weighted by atomic mass is 16.4. The molecular weight excluding hydrogens is 308 g/mol. The molecule has 0 aromatic heterocycles. The summed E-state index contributed by atoms with van der Waals surface area (Å²) in [5.41, 5.74) is 0.671. The number of rotatable bonds is 13. The van der Waals surface area contributed by atoms with Gasteiger partial charge >= 0.3 is 5.97 Å². The number of allylic oxidation sites excluding steroid dienone is 2. The van der Waals surface area contributed by atoms with Gasteiger partial charge in [-0.25, -0.2) is 0 Å². The van der Waals surface area contributed by atoms with Crippen LogP contribution in [0.4, 0.5) is 0 Å². The average molecular weight is 349 g/mol. The summed E-state index contributed by atoms with van der Waals surface area (Å²) >= 11 is 0. The van der Waals surface area contributed by atoms with Gasteiger partial charge in [-0.1, -0.05) is 64.0 Å². The van der Waals surface area contributed by atoms with E-state index in [1.807, 2.05) is 0 Å². The Morgan fingerprint density at radius 1 is 1.08 bits per heavy atom. The molecule has 25 heavy (non-hydrogen) atoms. The molecule has 2 fully saturated rings. The van der Waals surface area contributed by atoms with Crippen molar-refractivity contribution in [3.8, 4) is 0 Å². The van der Waals surface area contributed by atoms with Gasteiger partial charge in [-0.3, -0.25) is 4.79 Å². The van der Waals surface area contributed by atoms with Crippen LogP contribution in [-0.4, -0.2) is 11.1 Å². The molecule has 0 aliphatic heterocycles. The fourth-order valence-electron chi connectivity index (χ4n) is 4.99. The first-order chi connectivity index (χ1) is 12.2. The summed E-state index contributed by atoms with van der Waals surface area (Å²) in [5, 5.41) is 8.68. The van der Waals surface area contributed by atoms with Crippen molar-refractivity contribution in [3.05, 3.63) is 12.2 Å². The summed E-state index contributed by atoms with van der Waals surface area (Å²) in [4.78, 5) is 10.5. The molecule has 2 aliphatic rings. The molecule has 0 aromatic carbocycles. The fraction of sp³-hybridized carbons (Fsp3) is 0.870. The number of hydrogen-bond donors (Lipinski definition) is 1. The lowest BCUT2D eigenvalue weighted by atomic mass is 9.64. The van der Waals surface area contributed by atoms with E-state index in [4.69, 9.17) is 5.11 Å². The van der Waals surface area contributed by atoms with Gasteiger partial charge in [0.15, 0.2) is 0 Å². The van der Waals surface area contributed by atoms with Gasteiger partial charge in [0.1, 0.15) is 0 Å². The lowest BCUT2D eigenvalue weighted by Crippen LogP contribution is -2.28. The minimum atomic E-state index is -0.649. The Morgan fingerprint density at radius 2 is 1.88 bits per heavy atom. The second-order valence-electron chi connectivity index (χ2n) is 8.79. The highest BCUT2D eigenvalue weighted by molar-refractivity contribution is 5.66. The van der Waals surface area contributed by atoms with Crippen molar-refractivity contribution in [2.24, 2.45) is 17.3 Å². The van der Waals surface area contributed by atoms with Crippen molar-refractivity contribution >= 4 is 5.97 Å². The Hall–Kier alpha value is -0.790. The second kappa shape index (κ2) is 11.0. The van der Waals surface area contributed by atoms with Gasteiger partial charge < -0.3 is 5.11 Å². The van der Waals surface area contributed by atoms with E-state index in [1.54, 1.807) is 0 Å². The molecule has 2 atom stereocenters. The van der Waals surface area contributed by atoms with Crippen LogP contribution in [0.25, 0.3) is 0 Å². The van der Waals surface area contributed by atoms with Gasteiger partial charge in [0, 0.05) is 6.42 Å². The SMILES string of the molecule is CCCCC1(CC=C[C@H]2CCC[C@@H]2CCCCCCC(=O)O)CCC1. The number of hydrogen-bond acceptors (Lipinski definition) is 1. The van der Waals surface area contributed by atoms with E-state index in [0.717, 1.165) is 24.7 Å². The van der Waals surface area contributed by atoms with Crippen LogP contribution >= 0.6 is 0 Å². The first-order valence-corrected chi connectivity index (χ1v) is 11.0. The monoisotopic (exact) mass is 348 g/mol. The van der Waals surface area contributed by atoms with E-state index in [1.165, 1.54) is 83.5 Å². The van der Waals surface area contributed by atoms with E-state index in [9.17, 15) is 4.79 Å². The third-order valence-corrected chi connectivity index (χ3v) is 6.84. The van der Waals surface area contributed by atoms with Crippen molar-refractivity contribution in [3.63, 3.8) is 0 Å². The highest BCUT2D eigenvalue weighted by Crippen LogP contribution is 2.48. The maximum absolute atomic E-state index is 10.5. The summed E-state index contributed by atoms with van der Waals surface area (Å²) in [6, 6.07) is 0. The van der Waals surface area contributed by atoms with Gasteiger partial charge in [-0.15, -0.1) is 0 Å². The van der Waals surface area contributed by atoms with Crippen LogP contribution < -0.4 is 0 Å². The number of aliphatic carboxylic acids is 1. The Morgan fingerprint density at radius 3 is 2.56 bits per heavy atom. The van der Waals surface area contributed by atoms with Gasteiger partial charge in [-0.2, -0.15) is 0 Å². The largest absolute Gasteiger partial charge is 0.481 e. The number of unbranched alkanes of at least 4 members (excludes halogenated alkanes) is 4. The summed E-state index contributed by atoms with van der Waals surface area (Å²) in [6.07, 6.45) is 25.3. The van der Waals surface area contributed by atoms with Crippen molar-refractivity contribution in [1.82, 2.24) is 0 Å². The zero-order chi connectivity index (χ0) is 18.0. The van der Waals surface area contributed by atoms with E-state index in [-0.39, 0.29) is 0 Å². The van der Waals surface area contributed by atoms with Crippen molar-refractivity contribution < 1.29 is 9.90 Å². The summed E-state index contributed by atoms with van der Waals surface area (Å²) in [5.74, 6) is 1.06. The quantitative estimate of drug-likeness (QED) is 0.284. The number of carbonyl (C=O) groups is 1. The Bertz CT molecular complexity index is 408. The standard InChI is InChI=1S/C23H40O2/c1-2-3-16-23(18-10-19-23)17-9-14-21-13-8-12-20(21)11-6-4-5-7-15-22(24)25/h9,14,20-21H,2-8,10-13,15-19H2,1H3,(H,24,25)/t20-,21+/m0/s1. The molecule has 0 aromatic rings. The second-order valence-corrected chi connectivity index (χ2v) is 8.79. The number of carboxylic acids is 1. The van der Waals surface area contributed by atoms with Gasteiger partial charge in [0.25, 0.3) is 0 Å². The average Bonchev–Trinajstić information content (AvgIpc) is 2.99. The predicted octanol–water partition coefficient (Wildman–Crippen LogP) is 7.13. The molecule has 0 bridgehead atoms. The third-order valence-electron chi connectivity index (χ3n) is 6.84. The maximum atomic E-state index is 10.5. The zero-order valence-corrected chi connectivity index (χ0v) is 16.5. The predicted molar refractivity (Wildman–Crippen MR) is 106 cm³/mol. The van der Waals surface area contributed by atoms with Crippen molar-refractivity contribution in [2.45, 2.75) is 110 Å². The lowest BCUT2D eigenvalue weighted by molar-refractivity contribution is -0.137. The van der Waals surface area contributed by atoms with E-state index >= 15 is 0 Å². The molecule has 0 amide bonds. The van der Waals surface area contributed by atoms with Crippen molar-refractivity contribution in [1.29, 1.82) is 0 Å². The Kier molecular flexibility index (Phi) is 9.06. The summed E-state index contributed by atoms with van der Waals surface area (Å²) in [6.45, 7) is 2.31. The molecule has 144 valence electrons. The summed E-state index contributed by atoms with van der Waals surface area (Å²) in [7, 11) is 0. The molecule has 2 nitrogen and oxygen atoms in total. The molecule has 2 heteroatoms. The van der Waals surface area contributed by atoms with Gasteiger partial charge in [-0.05, 0) is 68.6 Å². The summed E-state index contributed by atoms with van der Waals surface area (Å²) < 4.78 is 0. The minimum absolute atomic E-state index is 0.342. The Labute approximate surface area is 155 Å². The maximum Gasteiger partial charge on any atom is 0.303 e. The molecule has 2 rings (SSSR count). The van der Waals surface area contributed by atoms with Crippen LogP contribution in [0.3, 0.4) is 0 Å². The van der Waals surface area contributed by atoms with Gasteiger partial charge in [0.2, 0.25) is 0 Å². The normalized spacial score (nSPS) is 25.3. The minimum Gasteiger partial charge on any atom is -0.481 e. The smallest absolute Gasteiger partial charge is 0.303 e. The van der Waals surface area contributed by atoms with Crippen LogP contribution in [0.15, 0.2) is 12.2 Å². The fourth-order valence-corrected chi connectivity index (χ4v) is 4.99. The van der Waals surface area contributed by atoms with Crippen molar-refractivity contribution in [2.75, 3.05) is 0 Å². The van der Waals surface area contributed by atoms with Crippen LogP contribution in [0.5, 0.6) is 0 Å². The first kappa shape index (κ1) is 20.5. The third kappa shape index (κ3) is 7.15. The van der Waals surface area contributed by atoms with E-state index < -0.39 is 5.97 Å². The zero-order valence-electron chi connectivity index (χ0n) is 16.5. The van der Waals surface area contributed by atoms with E-state index in [0.29, 0.717) is 11.8 Å². The lowest BCUT2D eigenvalue weighted by Gasteiger charge is -2.41. The van der Waals surface area contributed by atoms with Crippen LogP contribution in [-0.2, 0) is 4.79 Å². The Balaban J connectivity index is 1.64. The molecule has 2 aliphatic carbocycles. The molecule has 0 heterocycles. The molecule has 1 N–H and O–H groups in total. The molecule has 0 unspecified atom stereocenters. The molecular formula is C23H40O2. The first-order valence-electron chi connectivity index (χ1n) is 11.0. The van der Waals surface area contributed by atoms with Crippen LogP contribution in [0.1, 0.15) is 110 Å². The molecule has 0 radical (unpaired) electrons. The molecule has 0 saturated heterocycles. The topological polar surface area (TPSA) is 37.3 Å².